The molecule has 3 nitrogen and oxygen atoms in total. The normalized spacial score (nSPS) is 10.2. The van der Waals surface area contributed by atoms with Crippen molar-refractivity contribution in [1.29, 1.82) is 0 Å². The van der Waals surface area contributed by atoms with E-state index in [-0.39, 0.29) is 5.56 Å². The van der Waals surface area contributed by atoms with Gasteiger partial charge in [0.05, 0.1) is 5.56 Å². The first-order valence-electron chi connectivity index (χ1n) is 5.34. The van der Waals surface area contributed by atoms with Crippen molar-refractivity contribution in [3.8, 4) is 11.1 Å². The first kappa shape index (κ1) is 11.3. The summed E-state index contributed by atoms with van der Waals surface area (Å²) in [6, 6.07) is 7.51. The summed E-state index contributed by atoms with van der Waals surface area (Å²) in [4.78, 5) is 15.2. The number of hydrogen-bond donors (Lipinski definition) is 1. The Hall–Kier alpha value is -2.16. The first-order chi connectivity index (χ1) is 8.09. The molecule has 0 aliphatic carbocycles. The molecule has 17 heavy (non-hydrogen) atoms. The van der Waals surface area contributed by atoms with Gasteiger partial charge < -0.3 is 5.11 Å². The molecular weight excluding hydrogens is 214 g/mol. The number of benzene rings is 1. The predicted octanol–water partition coefficient (Wildman–Crippen LogP) is 3.06. The third kappa shape index (κ3) is 2.18. The van der Waals surface area contributed by atoms with Crippen LogP contribution in [0.15, 0.2) is 36.7 Å². The lowest BCUT2D eigenvalue weighted by Gasteiger charge is -2.09. The molecule has 2 aromatic rings. The maximum atomic E-state index is 11.2. The van der Waals surface area contributed by atoms with Gasteiger partial charge in [-0.05, 0) is 31.0 Å². The molecule has 1 N–H and O–H groups in total. The Morgan fingerprint density at radius 2 is 1.94 bits per heavy atom. The molecule has 0 atom stereocenters. The molecule has 0 aliphatic heterocycles. The Morgan fingerprint density at radius 1 is 1.18 bits per heavy atom. The summed E-state index contributed by atoms with van der Waals surface area (Å²) in [5, 5.41) is 9.16. The highest BCUT2D eigenvalue weighted by atomic mass is 16.4. The molecule has 3 heteroatoms. The van der Waals surface area contributed by atoms with Crippen LogP contribution in [0, 0.1) is 13.8 Å². The van der Waals surface area contributed by atoms with Crippen LogP contribution in [-0.2, 0) is 0 Å². The lowest BCUT2D eigenvalue weighted by molar-refractivity contribution is 0.0697. The number of aromatic nitrogens is 1. The molecule has 0 radical (unpaired) electrons. The molecule has 0 amide bonds. The fourth-order valence-electron chi connectivity index (χ4n) is 1.82. The summed E-state index contributed by atoms with van der Waals surface area (Å²) in [6.45, 7) is 3.95. The number of aromatic carboxylic acids is 1. The van der Waals surface area contributed by atoms with E-state index in [1.54, 1.807) is 6.20 Å². The van der Waals surface area contributed by atoms with Crippen LogP contribution < -0.4 is 0 Å². The van der Waals surface area contributed by atoms with E-state index in [0.29, 0.717) is 5.56 Å². The van der Waals surface area contributed by atoms with Crippen molar-refractivity contribution in [2.24, 2.45) is 0 Å². The molecular formula is C14H13NO2. The van der Waals surface area contributed by atoms with E-state index < -0.39 is 5.97 Å². The summed E-state index contributed by atoms with van der Waals surface area (Å²) >= 11 is 0. The quantitative estimate of drug-likeness (QED) is 0.857. The molecule has 0 fully saturated rings. The standard InChI is InChI=1S/C14H13NO2/c1-9-3-4-10(2)12(7-9)13-8-15-6-5-11(13)14(16)17/h3-8H,1-2H3,(H,16,17). The number of nitrogens with zero attached hydrogens (tertiary/aromatic N) is 1. The minimum atomic E-state index is -0.927. The van der Waals surface area contributed by atoms with Crippen molar-refractivity contribution in [2.75, 3.05) is 0 Å². The van der Waals surface area contributed by atoms with Gasteiger partial charge in [0.2, 0.25) is 0 Å². The Kier molecular flexibility index (Phi) is 2.91. The number of aryl methyl sites for hydroxylation is 2. The zero-order valence-corrected chi connectivity index (χ0v) is 9.77. The third-order valence-corrected chi connectivity index (χ3v) is 2.73. The van der Waals surface area contributed by atoms with Gasteiger partial charge in [-0.3, -0.25) is 4.98 Å². The van der Waals surface area contributed by atoms with Gasteiger partial charge in [0.15, 0.2) is 0 Å². The minimum absolute atomic E-state index is 0.286. The third-order valence-electron chi connectivity index (χ3n) is 2.73. The highest BCUT2D eigenvalue weighted by molar-refractivity contribution is 5.96. The van der Waals surface area contributed by atoms with Crippen molar-refractivity contribution in [2.45, 2.75) is 13.8 Å². The zero-order chi connectivity index (χ0) is 12.4. The Balaban J connectivity index is 2.68. The number of carboxylic acids is 1. The SMILES string of the molecule is Cc1ccc(C)c(-c2cnccc2C(=O)O)c1. The molecule has 0 unspecified atom stereocenters. The fraction of sp³-hybridized carbons (Fsp3) is 0.143. The Bertz CT molecular complexity index is 576. The van der Waals surface area contributed by atoms with Gasteiger partial charge in [-0.15, -0.1) is 0 Å². The number of hydrogen-bond acceptors (Lipinski definition) is 2. The average molecular weight is 227 g/mol. The van der Waals surface area contributed by atoms with Crippen molar-refractivity contribution < 1.29 is 9.90 Å². The molecule has 1 aromatic heterocycles. The van der Waals surface area contributed by atoms with E-state index in [1.165, 1.54) is 12.3 Å². The van der Waals surface area contributed by atoms with Gasteiger partial charge in [0, 0.05) is 18.0 Å². The maximum Gasteiger partial charge on any atom is 0.336 e. The second kappa shape index (κ2) is 4.37. The topological polar surface area (TPSA) is 50.2 Å². The minimum Gasteiger partial charge on any atom is -0.478 e. The van der Waals surface area contributed by atoms with Gasteiger partial charge in [0.1, 0.15) is 0 Å². The molecule has 1 aromatic carbocycles. The molecule has 0 bridgehead atoms. The lowest BCUT2D eigenvalue weighted by Crippen LogP contribution is -2.00. The second-order valence-corrected chi connectivity index (χ2v) is 4.04. The van der Waals surface area contributed by atoms with Crippen molar-refractivity contribution in [3.63, 3.8) is 0 Å². The van der Waals surface area contributed by atoms with Gasteiger partial charge in [-0.1, -0.05) is 23.8 Å². The van der Waals surface area contributed by atoms with E-state index in [1.807, 2.05) is 32.0 Å². The largest absolute Gasteiger partial charge is 0.478 e. The number of rotatable bonds is 2. The molecule has 0 saturated carbocycles. The summed E-state index contributed by atoms with van der Waals surface area (Å²) in [5.41, 5.74) is 4.03. The molecule has 86 valence electrons. The number of carboxylic acid groups (broad SMARTS) is 1. The van der Waals surface area contributed by atoms with E-state index in [9.17, 15) is 4.79 Å². The predicted molar refractivity (Wildman–Crippen MR) is 66.1 cm³/mol. The Labute approximate surface area is 99.8 Å². The van der Waals surface area contributed by atoms with Crippen molar-refractivity contribution in [1.82, 2.24) is 4.98 Å². The van der Waals surface area contributed by atoms with Gasteiger partial charge in [0.25, 0.3) is 0 Å². The monoisotopic (exact) mass is 227 g/mol. The molecule has 0 spiro atoms. The first-order valence-corrected chi connectivity index (χ1v) is 5.34. The summed E-state index contributed by atoms with van der Waals surface area (Å²) in [5.74, 6) is -0.927. The Morgan fingerprint density at radius 3 is 2.65 bits per heavy atom. The van der Waals surface area contributed by atoms with Crippen molar-refractivity contribution in [3.05, 3.63) is 53.3 Å². The van der Waals surface area contributed by atoms with Crippen LogP contribution in [0.2, 0.25) is 0 Å². The molecule has 2 rings (SSSR count). The van der Waals surface area contributed by atoms with Crippen LogP contribution in [0.1, 0.15) is 21.5 Å². The average Bonchev–Trinajstić information content (AvgIpc) is 2.32. The van der Waals surface area contributed by atoms with E-state index >= 15 is 0 Å². The summed E-state index contributed by atoms with van der Waals surface area (Å²) < 4.78 is 0. The number of carbonyl (C=O) groups is 1. The van der Waals surface area contributed by atoms with Crippen LogP contribution in [0.25, 0.3) is 11.1 Å². The fourth-order valence-corrected chi connectivity index (χ4v) is 1.82. The summed E-state index contributed by atoms with van der Waals surface area (Å²) in [6.07, 6.45) is 3.10. The van der Waals surface area contributed by atoms with Crippen LogP contribution in [0.3, 0.4) is 0 Å². The molecule has 0 saturated heterocycles. The highest BCUT2D eigenvalue weighted by Crippen LogP contribution is 2.27. The van der Waals surface area contributed by atoms with E-state index in [4.69, 9.17) is 5.11 Å². The van der Waals surface area contributed by atoms with Gasteiger partial charge in [-0.2, -0.15) is 0 Å². The zero-order valence-electron chi connectivity index (χ0n) is 9.77. The van der Waals surface area contributed by atoms with Crippen LogP contribution in [-0.4, -0.2) is 16.1 Å². The smallest absolute Gasteiger partial charge is 0.336 e. The van der Waals surface area contributed by atoms with Gasteiger partial charge >= 0.3 is 5.97 Å². The van der Waals surface area contributed by atoms with E-state index in [2.05, 4.69) is 4.98 Å². The lowest BCUT2D eigenvalue weighted by atomic mass is 9.96. The molecule has 0 aliphatic rings. The van der Waals surface area contributed by atoms with Crippen LogP contribution >= 0.6 is 0 Å². The van der Waals surface area contributed by atoms with Crippen LogP contribution in [0.5, 0.6) is 0 Å². The highest BCUT2D eigenvalue weighted by Gasteiger charge is 2.12. The number of pyridine rings is 1. The molecule has 1 heterocycles. The van der Waals surface area contributed by atoms with Gasteiger partial charge in [-0.25, -0.2) is 4.79 Å². The van der Waals surface area contributed by atoms with E-state index in [0.717, 1.165) is 16.7 Å². The van der Waals surface area contributed by atoms with Crippen molar-refractivity contribution >= 4 is 5.97 Å². The second-order valence-electron chi connectivity index (χ2n) is 4.04. The summed E-state index contributed by atoms with van der Waals surface area (Å²) in [7, 11) is 0. The maximum absolute atomic E-state index is 11.2. The van der Waals surface area contributed by atoms with Crippen LogP contribution in [0.4, 0.5) is 0 Å².